The van der Waals surface area contributed by atoms with Gasteiger partial charge >= 0.3 is 0 Å². The maximum Gasteiger partial charge on any atom is 0.233 e. The van der Waals surface area contributed by atoms with Crippen molar-refractivity contribution in [1.82, 2.24) is 15.1 Å². The highest BCUT2D eigenvalue weighted by molar-refractivity contribution is 6.04. The standard InChI is InChI=1S/C28H29N5O2/c1-3-29-25(34)19-26(35)31-24-20-30-33(2)27(24)32-28(21-13-7-4-8-14-21,22-15-9-5-10-16-22)23-17-11-6-12-18-23/h4-18,20,32H,3,19H2,1-2H3,(H,29,34)(H,31,35). The number of benzene rings is 3. The molecule has 7 nitrogen and oxygen atoms in total. The van der Waals surface area contributed by atoms with E-state index in [9.17, 15) is 9.59 Å². The molecule has 1 heterocycles. The van der Waals surface area contributed by atoms with Crippen molar-refractivity contribution >= 4 is 23.3 Å². The molecule has 35 heavy (non-hydrogen) atoms. The van der Waals surface area contributed by atoms with Crippen molar-refractivity contribution in [2.45, 2.75) is 18.9 Å². The molecule has 0 saturated carbocycles. The largest absolute Gasteiger partial charge is 0.356 e. The third-order valence-electron chi connectivity index (χ3n) is 5.83. The van der Waals surface area contributed by atoms with Gasteiger partial charge in [0, 0.05) is 13.6 Å². The molecular formula is C28H29N5O2. The Balaban J connectivity index is 1.82. The van der Waals surface area contributed by atoms with Crippen LogP contribution in [0.15, 0.2) is 97.2 Å². The molecule has 1 aromatic heterocycles. The van der Waals surface area contributed by atoms with Crippen LogP contribution >= 0.6 is 0 Å². The van der Waals surface area contributed by atoms with E-state index >= 15 is 0 Å². The predicted molar refractivity (Wildman–Crippen MR) is 138 cm³/mol. The fourth-order valence-corrected chi connectivity index (χ4v) is 4.24. The van der Waals surface area contributed by atoms with E-state index in [4.69, 9.17) is 0 Å². The summed E-state index contributed by atoms with van der Waals surface area (Å²) in [6.07, 6.45) is 1.33. The number of hydrogen-bond donors (Lipinski definition) is 3. The first-order valence-corrected chi connectivity index (χ1v) is 11.6. The van der Waals surface area contributed by atoms with E-state index < -0.39 is 11.4 Å². The second kappa shape index (κ2) is 10.7. The summed E-state index contributed by atoms with van der Waals surface area (Å²) in [6.45, 7) is 2.29. The normalized spacial score (nSPS) is 11.0. The van der Waals surface area contributed by atoms with Crippen molar-refractivity contribution in [2.75, 3.05) is 17.2 Å². The highest BCUT2D eigenvalue weighted by atomic mass is 16.2. The zero-order valence-electron chi connectivity index (χ0n) is 19.9. The van der Waals surface area contributed by atoms with E-state index in [1.165, 1.54) is 0 Å². The number of aromatic nitrogens is 2. The van der Waals surface area contributed by atoms with E-state index in [1.54, 1.807) is 10.9 Å². The second-order valence-corrected chi connectivity index (χ2v) is 8.18. The first-order chi connectivity index (χ1) is 17.0. The van der Waals surface area contributed by atoms with E-state index in [2.05, 4.69) is 57.4 Å². The molecule has 0 bridgehead atoms. The zero-order valence-corrected chi connectivity index (χ0v) is 19.9. The van der Waals surface area contributed by atoms with Crippen LogP contribution in [0.4, 0.5) is 11.5 Å². The molecule has 0 spiro atoms. The highest BCUT2D eigenvalue weighted by Gasteiger charge is 2.37. The van der Waals surface area contributed by atoms with Crippen LogP contribution < -0.4 is 16.0 Å². The van der Waals surface area contributed by atoms with Gasteiger partial charge in [-0.1, -0.05) is 91.0 Å². The lowest BCUT2D eigenvalue weighted by molar-refractivity contribution is -0.126. The number of hydrogen-bond acceptors (Lipinski definition) is 4. The zero-order chi connectivity index (χ0) is 24.7. The van der Waals surface area contributed by atoms with Gasteiger partial charge in [-0.3, -0.25) is 14.3 Å². The number of aryl methyl sites for hydroxylation is 1. The van der Waals surface area contributed by atoms with Crippen LogP contribution in [0.2, 0.25) is 0 Å². The Bertz CT molecular complexity index is 1170. The number of carbonyl (C=O) groups is 2. The van der Waals surface area contributed by atoms with Gasteiger partial charge in [0.05, 0.1) is 6.20 Å². The van der Waals surface area contributed by atoms with Crippen molar-refractivity contribution in [3.63, 3.8) is 0 Å². The maximum absolute atomic E-state index is 12.6. The van der Waals surface area contributed by atoms with Crippen molar-refractivity contribution < 1.29 is 9.59 Å². The molecule has 4 rings (SSSR count). The molecule has 0 aliphatic carbocycles. The molecule has 0 atom stereocenters. The summed E-state index contributed by atoms with van der Waals surface area (Å²) in [6, 6.07) is 30.5. The average Bonchev–Trinajstić information content (AvgIpc) is 3.22. The van der Waals surface area contributed by atoms with Gasteiger partial charge in [-0.2, -0.15) is 5.10 Å². The molecule has 3 N–H and O–H groups in total. The van der Waals surface area contributed by atoms with Crippen LogP contribution in [0.1, 0.15) is 30.0 Å². The minimum atomic E-state index is -0.781. The number of nitrogens with zero attached hydrogens (tertiary/aromatic N) is 2. The van der Waals surface area contributed by atoms with E-state index in [1.807, 2.05) is 68.6 Å². The van der Waals surface area contributed by atoms with Gasteiger partial charge in [-0.15, -0.1) is 0 Å². The molecule has 0 aliphatic rings. The number of rotatable bonds is 9. The Morgan fingerprint density at radius 2 is 1.29 bits per heavy atom. The van der Waals surface area contributed by atoms with Gasteiger partial charge in [-0.25, -0.2) is 0 Å². The van der Waals surface area contributed by atoms with Crippen LogP contribution in [0.5, 0.6) is 0 Å². The van der Waals surface area contributed by atoms with Gasteiger partial charge in [0.15, 0.2) is 0 Å². The van der Waals surface area contributed by atoms with E-state index in [-0.39, 0.29) is 12.3 Å². The fourth-order valence-electron chi connectivity index (χ4n) is 4.24. The van der Waals surface area contributed by atoms with Gasteiger partial charge in [-0.05, 0) is 23.6 Å². The van der Waals surface area contributed by atoms with Crippen molar-refractivity contribution in [1.29, 1.82) is 0 Å². The molecule has 2 amide bonds. The minimum Gasteiger partial charge on any atom is -0.356 e. The SMILES string of the molecule is CCNC(=O)CC(=O)Nc1cnn(C)c1NC(c1ccccc1)(c1ccccc1)c1ccccc1. The average molecular weight is 468 g/mol. The molecule has 4 aromatic rings. The molecule has 0 unspecified atom stereocenters. The summed E-state index contributed by atoms with van der Waals surface area (Å²) in [5.41, 5.74) is 2.79. The monoisotopic (exact) mass is 467 g/mol. The summed E-state index contributed by atoms with van der Waals surface area (Å²) in [4.78, 5) is 24.5. The summed E-state index contributed by atoms with van der Waals surface area (Å²) in [5, 5.41) is 13.6. The minimum absolute atomic E-state index is 0.261. The highest BCUT2D eigenvalue weighted by Crippen LogP contribution is 2.41. The number of amides is 2. The summed E-state index contributed by atoms with van der Waals surface area (Å²) in [7, 11) is 1.81. The molecule has 0 fully saturated rings. The van der Waals surface area contributed by atoms with Gasteiger partial charge in [0.2, 0.25) is 11.8 Å². The Hall–Kier alpha value is -4.39. The van der Waals surface area contributed by atoms with Crippen molar-refractivity contribution in [3.05, 3.63) is 114 Å². The third kappa shape index (κ3) is 5.09. The molecule has 0 aliphatic heterocycles. The summed E-state index contributed by atoms with van der Waals surface area (Å²) >= 11 is 0. The first kappa shape index (κ1) is 23.8. The quantitative estimate of drug-likeness (QED) is 0.253. The Morgan fingerprint density at radius 3 is 1.74 bits per heavy atom. The molecular weight excluding hydrogens is 438 g/mol. The van der Waals surface area contributed by atoms with Crippen LogP contribution in [0.3, 0.4) is 0 Å². The second-order valence-electron chi connectivity index (χ2n) is 8.18. The van der Waals surface area contributed by atoms with Crippen LogP contribution in [0, 0.1) is 0 Å². The van der Waals surface area contributed by atoms with Crippen LogP contribution in [0.25, 0.3) is 0 Å². The Labute approximate surface area is 205 Å². The Kier molecular flexibility index (Phi) is 7.26. The molecule has 0 saturated heterocycles. The molecule has 178 valence electrons. The van der Waals surface area contributed by atoms with E-state index in [0.717, 1.165) is 16.7 Å². The summed E-state index contributed by atoms with van der Waals surface area (Å²) < 4.78 is 1.69. The van der Waals surface area contributed by atoms with Gasteiger partial charge in [0.25, 0.3) is 0 Å². The van der Waals surface area contributed by atoms with Crippen LogP contribution in [-0.2, 0) is 22.2 Å². The van der Waals surface area contributed by atoms with Crippen LogP contribution in [-0.4, -0.2) is 28.1 Å². The number of anilines is 2. The molecule has 3 aromatic carbocycles. The number of carbonyl (C=O) groups excluding carboxylic acids is 2. The van der Waals surface area contributed by atoms with Gasteiger partial charge < -0.3 is 16.0 Å². The Morgan fingerprint density at radius 1 is 0.800 bits per heavy atom. The number of nitrogens with one attached hydrogen (secondary N) is 3. The fraction of sp³-hybridized carbons (Fsp3) is 0.179. The van der Waals surface area contributed by atoms with Crippen molar-refractivity contribution in [3.8, 4) is 0 Å². The predicted octanol–water partition coefficient (Wildman–Crippen LogP) is 4.29. The maximum atomic E-state index is 12.6. The third-order valence-corrected chi connectivity index (χ3v) is 5.83. The molecule has 0 radical (unpaired) electrons. The van der Waals surface area contributed by atoms with Gasteiger partial charge in [0.1, 0.15) is 23.5 Å². The topological polar surface area (TPSA) is 88.1 Å². The first-order valence-electron chi connectivity index (χ1n) is 11.6. The lowest BCUT2D eigenvalue weighted by atomic mass is 9.77. The lowest BCUT2D eigenvalue weighted by Gasteiger charge is -2.38. The lowest BCUT2D eigenvalue weighted by Crippen LogP contribution is -2.39. The van der Waals surface area contributed by atoms with Crippen molar-refractivity contribution in [2.24, 2.45) is 7.05 Å². The van der Waals surface area contributed by atoms with E-state index in [0.29, 0.717) is 18.1 Å². The summed E-state index contributed by atoms with van der Waals surface area (Å²) in [5.74, 6) is -0.113. The smallest absolute Gasteiger partial charge is 0.233 e. The molecule has 7 heteroatoms.